The second-order valence-corrected chi connectivity index (χ2v) is 6.16. The number of nitrogens with zero attached hydrogens (tertiary/aromatic N) is 3. The number of nitrogens with one attached hydrogen (secondary N) is 1. The quantitative estimate of drug-likeness (QED) is 0.884. The molecule has 3 heterocycles. The summed E-state index contributed by atoms with van der Waals surface area (Å²) in [6.45, 7) is 8.42. The summed E-state index contributed by atoms with van der Waals surface area (Å²) in [6.07, 6.45) is 1.84. The number of amides is 1. The number of hydrogen-bond donors (Lipinski definition) is 1. The Bertz CT molecular complexity index is 470. The van der Waals surface area contributed by atoms with Gasteiger partial charge in [0.1, 0.15) is 0 Å². The zero-order chi connectivity index (χ0) is 14.7. The Labute approximate surface area is 126 Å². The van der Waals surface area contributed by atoms with E-state index in [0.29, 0.717) is 11.8 Å². The van der Waals surface area contributed by atoms with E-state index in [9.17, 15) is 4.79 Å². The van der Waals surface area contributed by atoms with Gasteiger partial charge < -0.3 is 10.2 Å². The molecule has 0 aliphatic carbocycles. The lowest BCUT2D eigenvalue weighted by Crippen LogP contribution is -2.50. The van der Waals surface area contributed by atoms with Crippen LogP contribution >= 0.6 is 0 Å². The molecule has 1 amide bonds. The van der Waals surface area contributed by atoms with E-state index in [-0.39, 0.29) is 5.92 Å². The summed E-state index contributed by atoms with van der Waals surface area (Å²) in [5.74, 6) is 0.973. The average Bonchev–Trinajstić information content (AvgIpc) is 2.94. The lowest BCUT2D eigenvalue weighted by Gasteiger charge is -2.36. The molecular formula is C16H24N4O. The van der Waals surface area contributed by atoms with Gasteiger partial charge in [0, 0.05) is 45.5 Å². The van der Waals surface area contributed by atoms with Crippen LogP contribution in [0.5, 0.6) is 0 Å². The van der Waals surface area contributed by atoms with Crippen LogP contribution in [0.15, 0.2) is 24.4 Å². The van der Waals surface area contributed by atoms with E-state index in [1.165, 1.54) is 0 Å². The summed E-state index contributed by atoms with van der Waals surface area (Å²) in [6, 6.07) is 6.02. The van der Waals surface area contributed by atoms with Crippen molar-refractivity contribution in [3.8, 4) is 0 Å². The predicted molar refractivity (Wildman–Crippen MR) is 81.6 cm³/mol. The van der Waals surface area contributed by atoms with Crippen LogP contribution in [0.3, 0.4) is 0 Å². The molecule has 1 N–H and O–H groups in total. The number of carbonyl (C=O) groups is 1. The Morgan fingerprint density at radius 3 is 2.71 bits per heavy atom. The zero-order valence-corrected chi connectivity index (χ0v) is 12.7. The predicted octanol–water partition coefficient (Wildman–Crippen LogP) is 0.581. The molecule has 1 aromatic heterocycles. The van der Waals surface area contributed by atoms with Crippen molar-refractivity contribution >= 4 is 5.91 Å². The van der Waals surface area contributed by atoms with Gasteiger partial charge in [-0.15, -0.1) is 0 Å². The largest absolute Gasteiger partial charge is 0.340 e. The summed E-state index contributed by atoms with van der Waals surface area (Å²) in [4.78, 5) is 21.3. The van der Waals surface area contributed by atoms with Gasteiger partial charge >= 0.3 is 0 Å². The summed E-state index contributed by atoms with van der Waals surface area (Å²) in [5, 5.41) is 3.32. The molecule has 2 fully saturated rings. The van der Waals surface area contributed by atoms with Crippen molar-refractivity contribution in [3.63, 3.8) is 0 Å². The summed E-state index contributed by atoms with van der Waals surface area (Å²) >= 11 is 0. The molecule has 0 unspecified atom stereocenters. The van der Waals surface area contributed by atoms with Crippen molar-refractivity contribution in [2.24, 2.45) is 11.8 Å². The number of aromatic nitrogens is 1. The van der Waals surface area contributed by atoms with E-state index in [1.54, 1.807) is 0 Å². The van der Waals surface area contributed by atoms with Crippen LogP contribution in [-0.4, -0.2) is 60.0 Å². The van der Waals surface area contributed by atoms with Crippen molar-refractivity contribution in [2.45, 2.75) is 13.5 Å². The van der Waals surface area contributed by atoms with E-state index in [4.69, 9.17) is 0 Å². The van der Waals surface area contributed by atoms with Gasteiger partial charge in [-0.1, -0.05) is 13.0 Å². The zero-order valence-electron chi connectivity index (χ0n) is 12.7. The molecule has 0 bridgehead atoms. The van der Waals surface area contributed by atoms with Gasteiger partial charge in [0.05, 0.1) is 11.6 Å². The summed E-state index contributed by atoms with van der Waals surface area (Å²) < 4.78 is 0. The van der Waals surface area contributed by atoms with Gasteiger partial charge in [-0.05, 0) is 24.6 Å². The van der Waals surface area contributed by atoms with Gasteiger partial charge in [0.25, 0.3) is 0 Å². The van der Waals surface area contributed by atoms with Crippen molar-refractivity contribution < 1.29 is 4.79 Å². The molecular weight excluding hydrogens is 264 g/mol. The Morgan fingerprint density at radius 2 is 2.10 bits per heavy atom. The summed E-state index contributed by atoms with van der Waals surface area (Å²) in [7, 11) is 0. The van der Waals surface area contributed by atoms with Gasteiger partial charge in [0.2, 0.25) is 5.91 Å². The average molecular weight is 288 g/mol. The monoisotopic (exact) mass is 288 g/mol. The first-order chi connectivity index (χ1) is 10.2. The lowest BCUT2D eigenvalue weighted by atomic mass is 9.96. The molecule has 1 aromatic rings. The van der Waals surface area contributed by atoms with Gasteiger partial charge in [-0.2, -0.15) is 0 Å². The lowest BCUT2D eigenvalue weighted by molar-refractivity contribution is -0.137. The third-order valence-corrected chi connectivity index (χ3v) is 4.63. The van der Waals surface area contributed by atoms with Crippen LogP contribution < -0.4 is 5.32 Å². The van der Waals surface area contributed by atoms with E-state index in [0.717, 1.165) is 51.5 Å². The first kappa shape index (κ1) is 14.5. The maximum Gasteiger partial charge on any atom is 0.227 e. The fraction of sp³-hybridized carbons (Fsp3) is 0.625. The van der Waals surface area contributed by atoms with Gasteiger partial charge in [-0.25, -0.2) is 0 Å². The molecule has 0 saturated carbocycles. The van der Waals surface area contributed by atoms with Crippen LogP contribution in [-0.2, 0) is 11.3 Å². The second kappa shape index (κ2) is 6.54. The highest BCUT2D eigenvalue weighted by Crippen LogP contribution is 2.19. The smallest absolute Gasteiger partial charge is 0.227 e. The van der Waals surface area contributed by atoms with E-state index in [2.05, 4.69) is 28.2 Å². The van der Waals surface area contributed by atoms with Crippen molar-refractivity contribution in [1.29, 1.82) is 0 Å². The molecule has 0 radical (unpaired) electrons. The number of carbonyl (C=O) groups excluding carboxylic acids is 1. The minimum Gasteiger partial charge on any atom is -0.340 e. The van der Waals surface area contributed by atoms with Crippen LogP contribution in [0.4, 0.5) is 0 Å². The van der Waals surface area contributed by atoms with Crippen LogP contribution in [0.1, 0.15) is 12.6 Å². The highest BCUT2D eigenvalue weighted by atomic mass is 16.2. The minimum atomic E-state index is 0.173. The number of rotatable bonds is 3. The highest BCUT2D eigenvalue weighted by molar-refractivity contribution is 5.79. The summed E-state index contributed by atoms with van der Waals surface area (Å²) in [5.41, 5.74) is 1.10. The van der Waals surface area contributed by atoms with Crippen molar-refractivity contribution in [1.82, 2.24) is 20.1 Å². The first-order valence-electron chi connectivity index (χ1n) is 7.86. The Balaban J connectivity index is 1.50. The third kappa shape index (κ3) is 3.41. The van der Waals surface area contributed by atoms with E-state index in [1.807, 2.05) is 23.2 Å². The Hall–Kier alpha value is -1.46. The molecule has 2 aliphatic rings. The molecule has 2 atom stereocenters. The molecule has 2 saturated heterocycles. The number of hydrogen-bond acceptors (Lipinski definition) is 4. The fourth-order valence-corrected chi connectivity index (χ4v) is 3.22. The molecule has 2 aliphatic heterocycles. The molecule has 114 valence electrons. The van der Waals surface area contributed by atoms with E-state index < -0.39 is 0 Å². The number of piperazine rings is 1. The van der Waals surface area contributed by atoms with E-state index >= 15 is 0 Å². The third-order valence-electron chi connectivity index (χ3n) is 4.63. The molecule has 21 heavy (non-hydrogen) atoms. The molecule has 0 spiro atoms. The minimum absolute atomic E-state index is 0.173. The van der Waals surface area contributed by atoms with Crippen LogP contribution in [0.2, 0.25) is 0 Å². The van der Waals surface area contributed by atoms with Gasteiger partial charge in [0.15, 0.2) is 0 Å². The molecule has 5 heteroatoms. The molecule has 0 aromatic carbocycles. The fourth-order valence-electron chi connectivity index (χ4n) is 3.22. The second-order valence-electron chi connectivity index (χ2n) is 6.16. The highest BCUT2D eigenvalue weighted by Gasteiger charge is 2.33. The van der Waals surface area contributed by atoms with Crippen LogP contribution in [0.25, 0.3) is 0 Å². The maximum atomic E-state index is 12.5. The normalized spacial score (nSPS) is 27.0. The Kier molecular flexibility index (Phi) is 4.51. The van der Waals surface area contributed by atoms with Gasteiger partial charge in [-0.3, -0.25) is 14.7 Å². The topological polar surface area (TPSA) is 48.5 Å². The molecule has 5 nitrogen and oxygen atoms in total. The SMILES string of the molecule is C[C@@H]1CNC[C@H]1C(=O)N1CCN(Cc2ccccn2)CC1. The standard InChI is InChI=1S/C16H24N4O/c1-13-10-17-11-15(13)16(21)20-8-6-19(7-9-20)12-14-4-2-3-5-18-14/h2-5,13,15,17H,6-12H2,1H3/t13-,15-/m1/s1. The maximum absolute atomic E-state index is 12.5. The van der Waals surface area contributed by atoms with Crippen LogP contribution in [0, 0.1) is 11.8 Å². The Morgan fingerprint density at radius 1 is 1.29 bits per heavy atom. The number of pyridine rings is 1. The van der Waals surface area contributed by atoms with Crippen molar-refractivity contribution in [3.05, 3.63) is 30.1 Å². The first-order valence-corrected chi connectivity index (χ1v) is 7.86. The molecule has 3 rings (SSSR count). The van der Waals surface area contributed by atoms with Crippen molar-refractivity contribution in [2.75, 3.05) is 39.3 Å².